The molecule has 0 aliphatic carbocycles. The number of thiophene rings is 1. The number of aliphatic hydroxyl groups excluding tert-OH is 1. The second-order valence-electron chi connectivity index (χ2n) is 14.8. The van der Waals surface area contributed by atoms with Crippen LogP contribution in [0.4, 0.5) is 21.9 Å². The van der Waals surface area contributed by atoms with Crippen molar-refractivity contribution in [3.8, 4) is 11.5 Å². The number of rotatable bonds is 15. The number of anilines is 3. The number of esters is 1. The third-order valence-electron chi connectivity index (χ3n) is 10.7. The summed E-state index contributed by atoms with van der Waals surface area (Å²) in [7, 11) is 4.58. The number of nitrogens with zero attached hydrogens (tertiary/aromatic N) is 3. The number of carbonyl (C=O) groups excluding carboxylic acids is 4. The van der Waals surface area contributed by atoms with Crippen LogP contribution in [0.2, 0.25) is 0 Å². The molecule has 2 aromatic heterocycles. The van der Waals surface area contributed by atoms with Gasteiger partial charge in [-0.25, -0.2) is 14.5 Å². The third kappa shape index (κ3) is 9.39. The number of ether oxygens (including phenoxy) is 6. The number of methoxy groups -OCH3 is 2. The van der Waals surface area contributed by atoms with E-state index < -0.39 is 36.9 Å². The summed E-state index contributed by atoms with van der Waals surface area (Å²) in [6, 6.07) is 11.7. The topological polar surface area (TPSA) is 179 Å². The lowest BCUT2D eigenvalue weighted by Gasteiger charge is -2.42. The number of benzene rings is 2. The average molecular weight is 846 g/mol. The number of aliphatic hydroxyl groups is 1. The second kappa shape index (κ2) is 19.2. The minimum atomic E-state index is -1.10. The summed E-state index contributed by atoms with van der Waals surface area (Å²) >= 11 is 1.33. The number of piperidine rings is 1. The van der Waals surface area contributed by atoms with Gasteiger partial charge >= 0.3 is 12.1 Å². The van der Waals surface area contributed by atoms with E-state index in [4.69, 9.17) is 28.4 Å². The zero-order valence-electron chi connectivity index (χ0n) is 34.0. The molecule has 7 rings (SSSR count). The Morgan fingerprint density at radius 2 is 1.88 bits per heavy atom. The van der Waals surface area contributed by atoms with Crippen molar-refractivity contribution < 1.29 is 52.7 Å². The maximum atomic E-state index is 14.2. The van der Waals surface area contributed by atoms with Crippen molar-refractivity contribution in [1.29, 1.82) is 0 Å². The Kier molecular flexibility index (Phi) is 13.6. The average Bonchev–Trinajstić information content (AvgIpc) is 3.84. The molecule has 2 fully saturated rings. The molecular weight excluding hydrogens is 795 g/mol. The van der Waals surface area contributed by atoms with E-state index in [2.05, 4.69) is 17.2 Å². The third-order valence-corrected chi connectivity index (χ3v) is 11.8. The zero-order valence-corrected chi connectivity index (χ0v) is 34.8. The normalized spacial score (nSPS) is 19.4. The minimum Gasteiger partial charge on any atom is -0.493 e. The lowest BCUT2D eigenvalue weighted by Crippen LogP contribution is -2.57. The van der Waals surface area contributed by atoms with Gasteiger partial charge in [0, 0.05) is 49.3 Å². The molecule has 60 heavy (non-hydrogen) atoms. The van der Waals surface area contributed by atoms with Gasteiger partial charge < -0.3 is 53.6 Å². The van der Waals surface area contributed by atoms with Gasteiger partial charge in [0.25, 0.3) is 5.91 Å². The van der Waals surface area contributed by atoms with Crippen LogP contribution in [-0.4, -0.2) is 97.6 Å². The summed E-state index contributed by atoms with van der Waals surface area (Å²) in [5.74, 6) is -0.358. The Labute approximate surface area is 351 Å². The highest BCUT2D eigenvalue weighted by molar-refractivity contribution is 7.20. The van der Waals surface area contributed by atoms with Crippen LogP contribution in [0.5, 0.6) is 11.5 Å². The molecule has 0 saturated carbocycles. The van der Waals surface area contributed by atoms with E-state index in [0.29, 0.717) is 60.1 Å². The molecular formula is C43H51N5O11S. The summed E-state index contributed by atoms with van der Waals surface area (Å²) in [4.78, 5) is 56.9. The first kappa shape index (κ1) is 42.5. The smallest absolute Gasteiger partial charge is 0.416 e. The van der Waals surface area contributed by atoms with Crippen LogP contribution in [0.25, 0.3) is 10.1 Å². The lowest BCUT2D eigenvalue weighted by molar-refractivity contribution is -0.198. The van der Waals surface area contributed by atoms with Gasteiger partial charge in [-0.05, 0) is 86.7 Å². The van der Waals surface area contributed by atoms with Crippen molar-refractivity contribution in [2.75, 3.05) is 56.1 Å². The molecule has 3 unspecified atom stereocenters. The summed E-state index contributed by atoms with van der Waals surface area (Å²) in [6.07, 6.45) is 5.16. The number of amides is 3. The van der Waals surface area contributed by atoms with Crippen LogP contribution < -0.4 is 25.0 Å². The predicted molar refractivity (Wildman–Crippen MR) is 225 cm³/mol. The largest absolute Gasteiger partial charge is 0.493 e. The van der Waals surface area contributed by atoms with Gasteiger partial charge in [0.2, 0.25) is 5.91 Å². The summed E-state index contributed by atoms with van der Waals surface area (Å²) in [5, 5.41) is 17.8. The molecule has 5 heterocycles. The monoisotopic (exact) mass is 845 g/mol. The fourth-order valence-corrected chi connectivity index (χ4v) is 8.78. The van der Waals surface area contributed by atoms with E-state index in [1.54, 1.807) is 47.0 Å². The number of nitrogens with one attached hydrogen (secondary N) is 2. The van der Waals surface area contributed by atoms with E-state index in [1.165, 1.54) is 36.5 Å². The van der Waals surface area contributed by atoms with Gasteiger partial charge in [-0.1, -0.05) is 12.7 Å². The highest BCUT2D eigenvalue weighted by Gasteiger charge is 2.47. The molecule has 4 atom stereocenters. The number of fused-ring (bicyclic) bond motifs is 3. The minimum absolute atomic E-state index is 0.0446. The molecule has 320 valence electrons. The standard InChI is InChI=1S/C43H51N5O11S/c1-5-17-58-43(53)48-31-24-34(33(54-3)23-29(31)40(51)47-16-8-6-11-30(47)41(48)59-38-13-7-9-18-57-38)56-19-10-12-37(49)44-28-22-32(46(2)25-28)39(50)45-27-14-15-35-26(20-27)21-36(60-35)42(52)55-4/h5,14-15,20-25,30,38-39,41,45,50H,1,6-13,16-19H2,2-4H3,(H,44,49)/t30-,38?,39?,41?/m0/s1. The van der Waals surface area contributed by atoms with Crippen molar-refractivity contribution in [3.63, 3.8) is 0 Å². The van der Waals surface area contributed by atoms with Crippen molar-refractivity contribution in [1.82, 2.24) is 9.47 Å². The number of aryl methyl sites for hydroxylation is 1. The first-order valence-corrected chi connectivity index (χ1v) is 20.9. The molecule has 0 bridgehead atoms. The van der Waals surface area contributed by atoms with Gasteiger partial charge in [0.1, 0.15) is 11.5 Å². The maximum Gasteiger partial charge on any atom is 0.416 e. The molecule has 2 aromatic carbocycles. The van der Waals surface area contributed by atoms with Crippen LogP contribution in [0, 0.1) is 0 Å². The van der Waals surface area contributed by atoms with E-state index in [1.807, 2.05) is 18.2 Å². The van der Waals surface area contributed by atoms with Crippen LogP contribution in [-0.2, 0) is 30.8 Å². The van der Waals surface area contributed by atoms with Gasteiger partial charge in [-0.2, -0.15) is 0 Å². The summed E-state index contributed by atoms with van der Waals surface area (Å²) in [6.45, 7) is 4.80. The van der Waals surface area contributed by atoms with Crippen LogP contribution in [0.3, 0.4) is 0 Å². The molecule has 3 amide bonds. The Hall–Kier alpha value is -5.62. The van der Waals surface area contributed by atoms with Gasteiger partial charge in [0.05, 0.1) is 49.5 Å². The Bertz CT molecular complexity index is 2220. The summed E-state index contributed by atoms with van der Waals surface area (Å²) < 4.78 is 37.4. The van der Waals surface area contributed by atoms with Crippen LogP contribution in [0.1, 0.15) is 83.3 Å². The second-order valence-corrected chi connectivity index (χ2v) is 15.9. The highest BCUT2D eigenvalue weighted by Crippen LogP contribution is 2.42. The number of carbonyl (C=O) groups is 4. The van der Waals surface area contributed by atoms with Crippen molar-refractivity contribution >= 4 is 62.4 Å². The molecule has 3 N–H and O–H groups in total. The quantitative estimate of drug-likeness (QED) is 0.0487. The molecule has 17 heteroatoms. The SMILES string of the molecule is C=CCOC(=O)N1c2cc(OCCCC(=O)Nc3cc(C(O)Nc4ccc5sc(C(=O)OC)cc5c4)n(C)c3)c(OC)cc2C(=O)N2CCCC[C@H]2C1OC1CCCCO1. The van der Waals surface area contributed by atoms with Gasteiger partial charge in [0.15, 0.2) is 30.2 Å². The molecule has 0 spiro atoms. The van der Waals surface area contributed by atoms with Crippen molar-refractivity contribution in [3.05, 3.63) is 77.5 Å². The maximum absolute atomic E-state index is 14.2. The van der Waals surface area contributed by atoms with Crippen molar-refractivity contribution in [2.24, 2.45) is 7.05 Å². The van der Waals surface area contributed by atoms with E-state index >= 15 is 0 Å². The number of hydrogen-bond acceptors (Lipinski definition) is 13. The highest BCUT2D eigenvalue weighted by atomic mass is 32.1. The number of aromatic nitrogens is 1. The molecule has 16 nitrogen and oxygen atoms in total. The Morgan fingerprint density at radius 1 is 1.05 bits per heavy atom. The Morgan fingerprint density at radius 3 is 2.65 bits per heavy atom. The van der Waals surface area contributed by atoms with Gasteiger partial charge in [-0.3, -0.25) is 9.59 Å². The van der Waals surface area contributed by atoms with Crippen molar-refractivity contribution in [2.45, 2.75) is 76.2 Å². The first-order valence-electron chi connectivity index (χ1n) is 20.1. The summed E-state index contributed by atoms with van der Waals surface area (Å²) in [5.41, 5.74) is 2.17. The first-order chi connectivity index (χ1) is 29.1. The number of hydrogen-bond donors (Lipinski definition) is 3. The molecule has 4 aromatic rings. The van der Waals surface area contributed by atoms with Gasteiger partial charge in [-0.15, -0.1) is 11.3 Å². The van der Waals surface area contributed by atoms with Crippen LogP contribution >= 0.6 is 11.3 Å². The zero-order chi connectivity index (χ0) is 42.3. The van der Waals surface area contributed by atoms with E-state index in [9.17, 15) is 24.3 Å². The fraction of sp³-hybridized carbons (Fsp3) is 0.442. The fourth-order valence-electron chi connectivity index (χ4n) is 7.82. The predicted octanol–water partition coefficient (Wildman–Crippen LogP) is 6.94. The van der Waals surface area contributed by atoms with E-state index in [0.717, 1.165) is 35.8 Å². The van der Waals surface area contributed by atoms with E-state index in [-0.39, 0.29) is 48.4 Å². The molecule has 0 radical (unpaired) electrons. The molecule has 3 aliphatic heterocycles. The van der Waals surface area contributed by atoms with Crippen LogP contribution in [0.15, 0.2) is 61.3 Å². The molecule has 2 saturated heterocycles. The molecule has 3 aliphatic rings. The lowest BCUT2D eigenvalue weighted by atomic mass is 10.00. The Balaban J connectivity index is 1.02.